The zero-order chi connectivity index (χ0) is 26.1. The minimum Gasteiger partial charge on any atom is -0.450 e. The standard InChI is InChI=1S/C25H29BrN2O7/c1-22(2)9-17-19(18(29)10-22)25(12-23(3,4)11-24(5,13-25)20(17)26)35-21(30)14-6-15(27(31)32)8-16(7-14)28(33)34/h6-8,20H,9-13H2,1-5H3/t20-,24-,25+/m0/s1. The topological polar surface area (TPSA) is 130 Å². The van der Waals surface area contributed by atoms with Gasteiger partial charge in [-0.2, -0.15) is 0 Å². The quantitative estimate of drug-likeness (QED) is 0.193. The second-order valence-corrected chi connectivity index (χ2v) is 13.1. The van der Waals surface area contributed by atoms with Gasteiger partial charge in [-0.3, -0.25) is 25.0 Å². The zero-order valence-corrected chi connectivity index (χ0v) is 22.1. The van der Waals surface area contributed by atoms with Gasteiger partial charge < -0.3 is 4.74 Å². The molecule has 0 unspecified atom stereocenters. The van der Waals surface area contributed by atoms with E-state index < -0.39 is 32.8 Å². The molecule has 0 amide bonds. The van der Waals surface area contributed by atoms with E-state index in [2.05, 4.69) is 36.7 Å². The summed E-state index contributed by atoms with van der Waals surface area (Å²) < 4.78 is 6.18. The first-order valence-electron chi connectivity index (χ1n) is 11.6. The fourth-order valence-electron chi connectivity index (χ4n) is 6.90. The number of non-ortho nitro benzene ring substituents is 2. The summed E-state index contributed by atoms with van der Waals surface area (Å²) in [7, 11) is 0. The number of halogens is 1. The van der Waals surface area contributed by atoms with Crippen molar-refractivity contribution in [3.05, 3.63) is 55.1 Å². The van der Waals surface area contributed by atoms with E-state index in [1.165, 1.54) is 0 Å². The molecule has 2 bridgehead atoms. The van der Waals surface area contributed by atoms with Crippen LogP contribution in [0.25, 0.3) is 0 Å². The molecule has 0 N–H and O–H groups in total. The highest BCUT2D eigenvalue weighted by Gasteiger charge is 2.62. The number of allylic oxidation sites excluding steroid dienone is 1. The van der Waals surface area contributed by atoms with E-state index in [9.17, 15) is 29.8 Å². The summed E-state index contributed by atoms with van der Waals surface area (Å²) in [4.78, 5) is 48.1. The Morgan fingerprint density at radius 3 is 2.06 bits per heavy atom. The van der Waals surface area contributed by atoms with Crippen molar-refractivity contribution < 1.29 is 24.2 Å². The fourth-order valence-corrected chi connectivity index (χ4v) is 7.61. The van der Waals surface area contributed by atoms with Gasteiger partial charge in [0, 0.05) is 29.0 Å². The van der Waals surface area contributed by atoms with Crippen LogP contribution in [0.1, 0.15) is 77.1 Å². The van der Waals surface area contributed by atoms with Gasteiger partial charge in [-0.25, -0.2) is 4.79 Å². The van der Waals surface area contributed by atoms with Crippen LogP contribution in [0.5, 0.6) is 0 Å². The summed E-state index contributed by atoms with van der Waals surface area (Å²) in [5, 5.41) is 22.7. The number of ether oxygens (including phenoxy) is 1. The zero-order valence-electron chi connectivity index (χ0n) is 20.5. The van der Waals surface area contributed by atoms with Gasteiger partial charge in [0.15, 0.2) is 5.78 Å². The van der Waals surface area contributed by atoms with Crippen molar-refractivity contribution in [3.63, 3.8) is 0 Å². The third kappa shape index (κ3) is 4.41. The van der Waals surface area contributed by atoms with Crippen LogP contribution in [0.3, 0.4) is 0 Å². The number of carbonyl (C=O) groups is 2. The van der Waals surface area contributed by atoms with E-state index in [0.29, 0.717) is 31.3 Å². The highest BCUT2D eigenvalue weighted by atomic mass is 79.9. The Morgan fingerprint density at radius 1 is 0.943 bits per heavy atom. The molecular formula is C25H29BrN2O7. The summed E-state index contributed by atoms with van der Waals surface area (Å²) in [6.45, 7) is 10.4. The van der Waals surface area contributed by atoms with Crippen LogP contribution in [0.15, 0.2) is 29.3 Å². The normalized spacial score (nSPS) is 30.9. The number of Topliss-reactive ketones (excluding diaryl/α,β-unsaturated/α-hetero) is 1. The third-order valence-electron chi connectivity index (χ3n) is 7.47. The lowest BCUT2D eigenvalue weighted by molar-refractivity contribution is -0.394. The van der Waals surface area contributed by atoms with Gasteiger partial charge in [0.05, 0.1) is 21.5 Å². The molecule has 1 aromatic carbocycles. The van der Waals surface area contributed by atoms with Gasteiger partial charge in [0.2, 0.25) is 0 Å². The van der Waals surface area contributed by atoms with Crippen molar-refractivity contribution in [1.82, 2.24) is 0 Å². The van der Waals surface area contributed by atoms with Crippen molar-refractivity contribution in [2.24, 2.45) is 16.2 Å². The third-order valence-corrected chi connectivity index (χ3v) is 9.12. The lowest BCUT2D eigenvalue weighted by atomic mass is 9.49. The van der Waals surface area contributed by atoms with Crippen LogP contribution in [-0.4, -0.2) is 32.0 Å². The predicted molar refractivity (Wildman–Crippen MR) is 131 cm³/mol. The number of benzene rings is 1. The SMILES string of the molecule is CC1(C)CC(=O)C2=C(C1)[C@H](Br)[C@@]1(C)CC(C)(C)C[C@@]2(OC(=O)c2cc([N+](=O)[O-])cc([N+](=O)[O-])c2)C1. The average molecular weight is 549 g/mol. The van der Waals surface area contributed by atoms with Gasteiger partial charge in [0.1, 0.15) is 5.60 Å². The van der Waals surface area contributed by atoms with Crippen molar-refractivity contribution in [2.75, 3.05) is 0 Å². The Morgan fingerprint density at radius 2 is 1.51 bits per heavy atom. The summed E-state index contributed by atoms with van der Waals surface area (Å²) in [5.41, 5.74) is -1.95. The van der Waals surface area contributed by atoms with Crippen LogP contribution >= 0.6 is 15.9 Å². The first-order chi connectivity index (χ1) is 16.0. The number of nitrogens with zero attached hydrogens (tertiary/aromatic N) is 2. The summed E-state index contributed by atoms with van der Waals surface area (Å²) in [6.07, 6.45) is 2.70. The molecule has 3 aliphatic rings. The number of carbonyl (C=O) groups excluding carboxylic acids is 2. The lowest BCUT2D eigenvalue weighted by Crippen LogP contribution is -2.59. The van der Waals surface area contributed by atoms with Gasteiger partial charge in [-0.1, -0.05) is 50.5 Å². The minimum absolute atomic E-state index is 0.0566. The van der Waals surface area contributed by atoms with Gasteiger partial charge in [-0.05, 0) is 47.5 Å². The van der Waals surface area contributed by atoms with E-state index in [1.807, 2.05) is 13.8 Å². The monoisotopic (exact) mass is 548 g/mol. The van der Waals surface area contributed by atoms with E-state index in [0.717, 1.165) is 30.2 Å². The molecule has 0 aliphatic heterocycles. The fraction of sp³-hybridized carbons (Fsp3) is 0.600. The summed E-state index contributed by atoms with van der Waals surface area (Å²) in [6, 6.07) is 2.77. The van der Waals surface area contributed by atoms with Crippen molar-refractivity contribution in [3.8, 4) is 0 Å². The van der Waals surface area contributed by atoms with Crippen molar-refractivity contribution in [2.45, 2.75) is 77.2 Å². The Hall–Kier alpha value is -2.62. The number of alkyl halides is 1. The Bertz CT molecular complexity index is 1170. The van der Waals surface area contributed by atoms with Crippen LogP contribution in [0.4, 0.5) is 11.4 Å². The van der Waals surface area contributed by atoms with E-state index in [-0.39, 0.29) is 32.4 Å². The van der Waals surface area contributed by atoms with Crippen molar-refractivity contribution in [1.29, 1.82) is 0 Å². The number of fused-ring (bicyclic) bond motifs is 3. The molecule has 3 atom stereocenters. The molecule has 0 radical (unpaired) electrons. The molecule has 1 fully saturated rings. The molecule has 0 spiro atoms. The maximum atomic E-state index is 13.6. The highest BCUT2D eigenvalue weighted by molar-refractivity contribution is 9.09. The Kier molecular flexibility index (Phi) is 5.78. The number of ketones is 1. The predicted octanol–water partition coefficient (Wildman–Crippen LogP) is 6.08. The maximum absolute atomic E-state index is 13.6. The number of rotatable bonds is 4. The summed E-state index contributed by atoms with van der Waals surface area (Å²) in [5.74, 6) is -0.965. The Labute approximate surface area is 211 Å². The molecule has 1 saturated carbocycles. The maximum Gasteiger partial charge on any atom is 0.339 e. The molecule has 4 rings (SSSR count). The number of nitro groups is 2. The summed E-state index contributed by atoms with van der Waals surface area (Å²) >= 11 is 3.89. The molecule has 0 aromatic heterocycles. The molecular weight excluding hydrogens is 520 g/mol. The average Bonchev–Trinajstić information content (AvgIpc) is 2.68. The molecule has 10 heteroatoms. The minimum atomic E-state index is -1.21. The van der Waals surface area contributed by atoms with Crippen LogP contribution < -0.4 is 0 Å². The number of nitro benzene ring substituents is 2. The van der Waals surface area contributed by atoms with Gasteiger partial charge in [-0.15, -0.1) is 0 Å². The molecule has 1 aromatic rings. The van der Waals surface area contributed by atoms with Gasteiger partial charge in [0.25, 0.3) is 11.4 Å². The Balaban J connectivity index is 1.86. The highest BCUT2D eigenvalue weighted by Crippen LogP contribution is 2.64. The van der Waals surface area contributed by atoms with Crippen LogP contribution in [0.2, 0.25) is 0 Å². The number of esters is 1. The first kappa shape index (κ1) is 25.5. The molecule has 9 nitrogen and oxygen atoms in total. The van der Waals surface area contributed by atoms with Gasteiger partial charge >= 0.3 is 5.97 Å². The largest absolute Gasteiger partial charge is 0.450 e. The first-order valence-corrected chi connectivity index (χ1v) is 12.5. The van der Waals surface area contributed by atoms with E-state index in [4.69, 9.17) is 4.74 Å². The smallest absolute Gasteiger partial charge is 0.339 e. The molecule has 0 heterocycles. The molecule has 188 valence electrons. The van der Waals surface area contributed by atoms with Crippen LogP contribution in [-0.2, 0) is 9.53 Å². The molecule has 0 saturated heterocycles. The molecule has 3 aliphatic carbocycles. The lowest BCUT2D eigenvalue weighted by Gasteiger charge is -2.60. The van der Waals surface area contributed by atoms with E-state index >= 15 is 0 Å². The number of hydrogen-bond acceptors (Lipinski definition) is 7. The second-order valence-electron chi connectivity index (χ2n) is 12.2. The van der Waals surface area contributed by atoms with Crippen LogP contribution in [0, 0.1) is 36.5 Å². The number of hydrogen-bond donors (Lipinski definition) is 0. The molecule has 35 heavy (non-hydrogen) atoms. The van der Waals surface area contributed by atoms with Crippen molar-refractivity contribution >= 4 is 39.1 Å². The second kappa shape index (κ2) is 7.94. The van der Waals surface area contributed by atoms with E-state index in [1.54, 1.807) is 0 Å².